The molecule has 2 N–H and O–H groups in total. The maximum atomic E-state index is 12.8. The number of hydrogen-bond donors (Lipinski definition) is 2. The fourth-order valence-electron chi connectivity index (χ4n) is 2.39. The van der Waals surface area contributed by atoms with Gasteiger partial charge in [-0.2, -0.15) is 0 Å². The van der Waals surface area contributed by atoms with E-state index < -0.39 is 0 Å². The Hall–Kier alpha value is -2.34. The van der Waals surface area contributed by atoms with E-state index in [0.717, 1.165) is 4.47 Å². The quantitative estimate of drug-likeness (QED) is 0.696. The van der Waals surface area contributed by atoms with E-state index >= 15 is 0 Å². The Morgan fingerprint density at radius 3 is 2.37 bits per heavy atom. The summed E-state index contributed by atoms with van der Waals surface area (Å²) in [6, 6.07) is 12.1. The zero-order valence-electron chi connectivity index (χ0n) is 16.2. The van der Waals surface area contributed by atoms with Crippen LogP contribution in [0.1, 0.15) is 55.3 Å². The molecule has 0 unspecified atom stereocenters. The molecule has 27 heavy (non-hydrogen) atoms. The summed E-state index contributed by atoms with van der Waals surface area (Å²) >= 11 is 3.39. The summed E-state index contributed by atoms with van der Waals surface area (Å²) in [5, 5.41) is 5.75. The van der Waals surface area contributed by atoms with Gasteiger partial charge in [0.25, 0.3) is 11.8 Å². The summed E-state index contributed by atoms with van der Waals surface area (Å²) in [6.07, 6.45) is -0.0536. The number of nitrogens with one attached hydrogen (secondary N) is 2. The smallest absolute Gasteiger partial charge is 0.259 e. The number of halogens is 1. The summed E-state index contributed by atoms with van der Waals surface area (Å²) in [7, 11) is 0. The average Bonchev–Trinajstić information content (AvgIpc) is 2.54. The first kappa shape index (κ1) is 21.0. The highest BCUT2D eigenvalue weighted by molar-refractivity contribution is 9.10. The van der Waals surface area contributed by atoms with Crippen LogP contribution in [-0.4, -0.2) is 23.5 Å². The summed E-state index contributed by atoms with van der Waals surface area (Å²) in [5.41, 5.74) is 1.10. The lowest BCUT2D eigenvalue weighted by Gasteiger charge is -2.20. The minimum absolute atomic E-state index is 0.0536. The van der Waals surface area contributed by atoms with Crippen molar-refractivity contribution < 1.29 is 14.3 Å². The molecule has 0 radical (unpaired) electrons. The van der Waals surface area contributed by atoms with Gasteiger partial charge < -0.3 is 15.4 Å². The Morgan fingerprint density at radius 2 is 1.74 bits per heavy atom. The van der Waals surface area contributed by atoms with Gasteiger partial charge in [-0.1, -0.05) is 22.0 Å². The first-order valence-electron chi connectivity index (χ1n) is 8.75. The third-order valence-corrected chi connectivity index (χ3v) is 3.91. The molecular formula is C21H25BrN2O3. The lowest BCUT2D eigenvalue weighted by atomic mass is 10.1. The van der Waals surface area contributed by atoms with Gasteiger partial charge in [0.2, 0.25) is 0 Å². The molecule has 0 bridgehead atoms. The lowest BCUT2D eigenvalue weighted by molar-refractivity contribution is 0.0918. The Balaban J connectivity index is 2.23. The number of benzene rings is 2. The van der Waals surface area contributed by atoms with E-state index in [2.05, 4.69) is 26.6 Å². The maximum Gasteiger partial charge on any atom is 0.259 e. The molecule has 0 aliphatic rings. The highest BCUT2D eigenvalue weighted by atomic mass is 79.9. The van der Waals surface area contributed by atoms with Crippen LogP contribution in [0.3, 0.4) is 0 Å². The molecule has 2 aromatic carbocycles. The lowest BCUT2D eigenvalue weighted by Crippen LogP contribution is -2.40. The second kappa shape index (κ2) is 8.57. The topological polar surface area (TPSA) is 67.4 Å². The minimum atomic E-state index is -0.338. The van der Waals surface area contributed by atoms with Crippen LogP contribution in [0.25, 0.3) is 0 Å². The van der Waals surface area contributed by atoms with Crippen molar-refractivity contribution in [3.63, 3.8) is 0 Å². The van der Waals surface area contributed by atoms with Gasteiger partial charge in [-0.3, -0.25) is 9.59 Å². The molecule has 144 valence electrons. The van der Waals surface area contributed by atoms with Crippen LogP contribution < -0.4 is 15.4 Å². The molecular weight excluding hydrogens is 408 g/mol. The van der Waals surface area contributed by atoms with Gasteiger partial charge in [-0.15, -0.1) is 0 Å². The molecule has 2 aromatic rings. The highest BCUT2D eigenvalue weighted by Gasteiger charge is 2.17. The second-order valence-electron chi connectivity index (χ2n) is 7.55. The number of anilines is 1. The van der Waals surface area contributed by atoms with Crippen molar-refractivity contribution in [2.75, 3.05) is 5.32 Å². The molecule has 0 heterocycles. The highest BCUT2D eigenvalue weighted by Crippen LogP contribution is 2.25. The van der Waals surface area contributed by atoms with Crippen LogP contribution in [0, 0.1) is 0 Å². The third-order valence-electron chi connectivity index (χ3n) is 3.42. The van der Waals surface area contributed by atoms with Crippen LogP contribution in [0.4, 0.5) is 5.69 Å². The Morgan fingerprint density at radius 1 is 1.04 bits per heavy atom. The van der Waals surface area contributed by atoms with Crippen molar-refractivity contribution in [2.24, 2.45) is 0 Å². The van der Waals surface area contributed by atoms with Crippen LogP contribution >= 0.6 is 15.9 Å². The Kier molecular flexibility index (Phi) is 6.65. The minimum Gasteiger partial charge on any atom is -0.490 e. The van der Waals surface area contributed by atoms with Gasteiger partial charge >= 0.3 is 0 Å². The number of carbonyl (C=O) groups excluding carboxylic acids is 2. The monoisotopic (exact) mass is 432 g/mol. The van der Waals surface area contributed by atoms with E-state index in [1.54, 1.807) is 36.4 Å². The van der Waals surface area contributed by atoms with Crippen molar-refractivity contribution >= 4 is 33.4 Å². The van der Waals surface area contributed by atoms with E-state index in [1.807, 2.05) is 40.7 Å². The van der Waals surface area contributed by atoms with Crippen molar-refractivity contribution in [3.05, 3.63) is 58.1 Å². The van der Waals surface area contributed by atoms with E-state index in [9.17, 15) is 9.59 Å². The van der Waals surface area contributed by atoms with Crippen molar-refractivity contribution in [1.82, 2.24) is 5.32 Å². The first-order valence-corrected chi connectivity index (χ1v) is 9.54. The van der Waals surface area contributed by atoms with Gasteiger partial charge in [0.1, 0.15) is 5.75 Å². The summed E-state index contributed by atoms with van der Waals surface area (Å²) in [6.45, 7) is 9.56. The molecule has 2 rings (SSSR count). The fraction of sp³-hybridized carbons (Fsp3) is 0.333. The maximum absolute atomic E-state index is 12.8. The summed E-state index contributed by atoms with van der Waals surface area (Å²) in [5.74, 6) is 0.0116. The molecule has 6 heteroatoms. The molecule has 2 amide bonds. The number of amides is 2. The Labute approximate surface area is 168 Å². The standard InChI is InChI=1S/C21H25BrN2O3/c1-13(2)27-18-10-9-15(22)12-17(18)20(26)23-16-8-6-7-14(11-16)19(25)24-21(3,4)5/h6-13H,1-5H3,(H,23,26)(H,24,25). The van der Waals surface area contributed by atoms with Crippen molar-refractivity contribution in [1.29, 1.82) is 0 Å². The zero-order valence-corrected chi connectivity index (χ0v) is 17.8. The largest absolute Gasteiger partial charge is 0.490 e. The summed E-state index contributed by atoms with van der Waals surface area (Å²) in [4.78, 5) is 25.1. The van der Waals surface area contributed by atoms with Crippen LogP contribution in [0.15, 0.2) is 46.9 Å². The van der Waals surface area contributed by atoms with Crippen LogP contribution in [0.2, 0.25) is 0 Å². The molecule has 0 spiro atoms. The van der Waals surface area contributed by atoms with Crippen LogP contribution in [0.5, 0.6) is 5.75 Å². The molecule has 0 saturated heterocycles. The molecule has 0 saturated carbocycles. The molecule has 0 fully saturated rings. The second-order valence-corrected chi connectivity index (χ2v) is 8.46. The molecule has 0 aliphatic carbocycles. The molecule has 5 nitrogen and oxygen atoms in total. The first-order chi connectivity index (χ1) is 12.5. The van der Waals surface area contributed by atoms with Gasteiger partial charge in [0.05, 0.1) is 11.7 Å². The van der Waals surface area contributed by atoms with Crippen LogP contribution in [-0.2, 0) is 0 Å². The molecule has 0 atom stereocenters. The normalized spacial score (nSPS) is 11.2. The average molecular weight is 433 g/mol. The molecule has 0 aliphatic heterocycles. The Bertz CT molecular complexity index is 842. The number of carbonyl (C=O) groups is 2. The number of hydrogen-bond acceptors (Lipinski definition) is 3. The number of rotatable bonds is 5. The SMILES string of the molecule is CC(C)Oc1ccc(Br)cc1C(=O)Nc1cccc(C(=O)NC(C)(C)C)c1. The van der Waals surface area contributed by atoms with Gasteiger partial charge in [0.15, 0.2) is 0 Å². The van der Waals surface area contributed by atoms with Gasteiger partial charge in [0, 0.05) is 21.3 Å². The predicted octanol–water partition coefficient (Wildman–Crippen LogP) is 5.02. The predicted molar refractivity (Wildman–Crippen MR) is 112 cm³/mol. The van der Waals surface area contributed by atoms with E-state index in [0.29, 0.717) is 22.6 Å². The van der Waals surface area contributed by atoms with E-state index in [1.165, 1.54) is 0 Å². The van der Waals surface area contributed by atoms with E-state index in [4.69, 9.17) is 4.74 Å². The zero-order chi connectivity index (χ0) is 20.2. The fourth-order valence-corrected chi connectivity index (χ4v) is 2.75. The summed E-state index contributed by atoms with van der Waals surface area (Å²) < 4.78 is 6.51. The van der Waals surface area contributed by atoms with E-state index in [-0.39, 0.29) is 23.5 Å². The van der Waals surface area contributed by atoms with Crippen molar-refractivity contribution in [2.45, 2.75) is 46.3 Å². The molecule has 0 aromatic heterocycles. The van der Waals surface area contributed by atoms with Gasteiger partial charge in [-0.25, -0.2) is 0 Å². The third kappa shape index (κ3) is 6.40. The number of ether oxygens (including phenoxy) is 1. The van der Waals surface area contributed by atoms with Crippen molar-refractivity contribution in [3.8, 4) is 5.75 Å². The van der Waals surface area contributed by atoms with Gasteiger partial charge in [-0.05, 0) is 71.0 Å².